The molecule has 0 radical (unpaired) electrons. The van der Waals surface area contributed by atoms with Crippen molar-refractivity contribution < 1.29 is 4.74 Å². The number of nitrogen functional groups attached to an aromatic ring is 1. The van der Waals surface area contributed by atoms with E-state index in [1.807, 2.05) is 11.4 Å². The molecule has 0 aliphatic rings. The highest BCUT2D eigenvalue weighted by atomic mass is 32.1. The standard InChI is InChI=1S/C14H10N4OS/c15-7-9-1-3-10(4-2-9)19-8-12-17-13(16)11-5-6-20-14(11)18-12/h1-6H,8H2,(H2,16,17,18). The molecule has 5 nitrogen and oxygen atoms in total. The summed E-state index contributed by atoms with van der Waals surface area (Å²) in [5, 5.41) is 11.5. The number of fused-ring (bicyclic) bond motifs is 1. The minimum Gasteiger partial charge on any atom is -0.486 e. The Morgan fingerprint density at radius 3 is 2.75 bits per heavy atom. The topological polar surface area (TPSA) is 84.8 Å². The Bertz CT molecular complexity index is 789. The minimum absolute atomic E-state index is 0.240. The molecule has 2 heterocycles. The Labute approximate surface area is 119 Å². The molecule has 0 spiro atoms. The summed E-state index contributed by atoms with van der Waals surface area (Å²) >= 11 is 1.52. The zero-order valence-corrected chi connectivity index (χ0v) is 11.2. The van der Waals surface area contributed by atoms with Crippen LogP contribution in [-0.2, 0) is 6.61 Å². The summed E-state index contributed by atoms with van der Waals surface area (Å²) < 4.78 is 5.59. The molecule has 2 aromatic heterocycles. The molecule has 0 unspecified atom stereocenters. The number of aromatic nitrogens is 2. The fourth-order valence-corrected chi connectivity index (χ4v) is 2.55. The average Bonchev–Trinajstić information content (AvgIpc) is 2.94. The molecule has 0 aliphatic carbocycles. The van der Waals surface area contributed by atoms with Gasteiger partial charge in [-0.3, -0.25) is 0 Å². The van der Waals surface area contributed by atoms with Gasteiger partial charge in [-0.1, -0.05) is 0 Å². The number of nitriles is 1. The number of nitrogens with zero attached hydrogens (tertiary/aromatic N) is 3. The van der Waals surface area contributed by atoms with Crippen molar-refractivity contribution in [3.8, 4) is 11.8 Å². The largest absolute Gasteiger partial charge is 0.486 e. The SMILES string of the molecule is N#Cc1ccc(OCc2nc(N)c3ccsc3n2)cc1. The zero-order chi connectivity index (χ0) is 13.9. The maximum atomic E-state index is 8.72. The number of thiophene rings is 1. The quantitative estimate of drug-likeness (QED) is 0.798. The fraction of sp³-hybridized carbons (Fsp3) is 0.0714. The number of rotatable bonds is 3. The van der Waals surface area contributed by atoms with Gasteiger partial charge in [0.05, 0.1) is 17.0 Å². The van der Waals surface area contributed by atoms with Crippen LogP contribution in [0.3, 0.4) is 0 Å². The van der Waals surface area contributed by atoms with Gasteiger partial charge < -0.3 is 10.5 Å². The number of ether oxygens (including phenoxy) is 1. The summed E-state index contributed by atoms with van der Waals surface area (Å²) in [5.74, 6) is 1.67. The lowest BCUT2D eigenvalue weighted by atomic mass is 10.2. The monoisotopic (exact) mass is 282 g/mol. The first kappa shape index (κ1) is 12.4. The van der Waals surface area contributed by atoms with Crippen molar-refractivity contribution in [1.82, 2.24) is 9.97 Å². The molecule has 0 fully saturated rings. The smallest absolute Gasteiger partial charge is 0.169 e. The van der Waals surface area contributed by atoms with Crippen molar-refractivity contribution in [2.24, 2.45) is 0 Å². The molecule has 0 atom stereocenters. The molecule has 0 amide bonds. The summed E-state index contributed by atoms with van der Waals surface area (Å²) in [4.78, 5) is 9.47. The van der Waals surface area contributed by atoms with Crippen LogP contribution >= 0.6 is 11.3 Å². The molecule has 3 rings (SSSR count). The number of benzene rings is 1. The maximum Gasteiger partial charge on any atom is 0.169 e. The molecule has 20 heavy (non-hydrogen) atoms. The van der Waals surface area contributed by atoms with Crippen molar-refractivity contribution in [1.29, 1.82) is 5.26 Å². The second-order valence-electron chi connectivity index (χ2n) is 4.09. The molecule has 6 heteroatoms. The lowest BCUT2D eigenvalue weighted by molar-refractivity contribution is 0.296. The predicted octanol–water partition coefficient (Wildman–Crippen LogP) is 2.72. The van der Waals surface area contributed by atoms with Crippen LogP contribution in [0.1, 0.15) is 11.4 Å². The van der Waals surface area contributed by atoms with Crippen molar-refractivity contribution in [2.75, 3.05) is 5.73 Å². The normalized spacial score (nSPS) is 10.3. The predicted molar refractivity (Wildman–Crippen MR) is 77.3 cm³/mol. The third-order valence-electron chi connectivity index (χ3n) is 2.75. The summed E-state index contributed by atoms with van der Waals surface area (Å²) in [6, 6.07) is 10.8. The molecule has 0 bridgehead atoms. The number of anilines is 1. The number of hydrogen-bond acceptors (Lipinski definition) is 6. The maximum absolute atomic E-state index is 8.72. The lowest BCUT2D eigenvalue weighted by Crippen LogP contribution is -2.04. The van der Waals surface area contributed by atoms with Gasteiger partial charge in [-0.15, -0.1) is 11.3 Å². The molecular weight excluding hydrogens is 272 g/mol. The van der Waals surface area contributed by atoms with Gasteiger partial charge in [0, 0.05) is 0 Å². The van der Waals surface area contributed by atoms with E-state index >= 15 is 0 Å². The third kappa shape index (κ3) is 2.39. The van der Waals surface area contributed by atoms with E-state index in [1.54, 1.807) is 24.3 Å². The van der Waals surface area contributed by atoms with Gasteiger partial charge in [-0.2, -0.15) is 5.26 Å². The van der Waals surface area contributed by atoms with E-state index in [0.717, 1.165) is 10.2 Å². The second-order valence-corrected chi connectivity index (χ2v) is 4.98. The van der Waals surface area contributed by atoms with Crippen molar-refractivity contribution in [3.63, 3.8) is 0 Å². The van der Waals surface area contributed by atoms with E-state index in [0.29, 0.717) is 23.0 Å². The fourth-order valence-electron chi connectivity index (χ4n) is 1.76. The molecule has 0 saturated heterocycles. The highest BCUT2D eigenvalue weighted by Gasteiger charge is 2.07. The van der Waals surface area contributed by atoms with Crippen molar-refractivity contribution in [2.45, 2.75) is 6.61 Å². The highest BCUT2D eigenvalue weighted by Crippen LogP contribution is 2.23. The van der Waals surface area contributed by atoms with Gasteiger partial charge in [0.1, 0.15) is 23.0 Å². The van der Waals surface area contributed by atoms with E-state index in [4.69, 9.17) is 15.7 Å². The van der Waals surface area contributed by atoms with E-state index in [9.17, 15) is 0 Å². The molecule has 1 aromatic carbocycles. The highest BCUT2D eigenvalue weighted by molar-refractivity contribution is 7.16. The molecule has 2 N–H and O–H groups in total. The first-order valence-electron chi connectivity index (χ1n) is 5.89. The Hall–Kier alpha value is -2.65. The van der Waals surface area contributed by atoms with Crippen LogP contribution in [-0.4, -0.2) is 9.97 Å². The van der Waals surface area contributed by atoms with Crippen LogP contribution in [0.2, 0.25) is 0 Å². The number of hydrogen-bond donors (Lipinski definition) is 1. The van der Waals surface area contributed by atoms with Gasteiger partial charge >= 0.3 is 0 Å². The molecule has 0 aliphatic heterocycles. The molecular formula is C14H10N4OS. The van der Waals surface area contributed by atoms with Gasteiger partial charge in [0.25, 0.3) is 0 Å². The summed E-state index contributed by atoms with van der Waals surface area (Å²) in [7, 11) is 0. The van der Waals surface area contributed by atoms with E-state index in [-0.39, 0.29) is 6.61 Å². The molecule has 98 valence electrons. The molecule has 0 saturated carbocycles. The van der Waals surface area contributed by atoms with Crippen LogP contribution in [0.4, 0.5) is 5.82 Å². The summed E-state index contributed by atoms with van der Waals surface area (Å²) in [5.41, 5.74) is 6.47. The van der Waals surface area contributed by atoms with Crippen LogP contribution in [0.25, 0.3) is 10.2 Å². The van der Waals surface area contributed by atoms with Crippen LogP contribution in [0.5, 0.6) is 5.75 Å². The zero-order valence-electron chi connectivity index (χ0n) is 10.4. The summed E-state index contributed by atoms with van der Waals surface area (Å²) in [6.07, 6.45) is 0. The molecule has 3 aromatic rings. The van der Waals surface area contributed by atoms with Gasteiger partial charge in [0.15, 0.2) is 5.82 Å². The van der Waals surface area contributed by atoms with Crippen LogP contribution in [0.15, 0.2) is 35.7 Å². The van der Waals surface area contributed by atoms with Crippen molar-refractivity contribution in [3.05, 3.63) is 47.1 Å². The Kier molecular flexibility index (Phi) is 3.19. The van der Waals surface area contributed by atoms with Gasteiger partial charge in [-0.05, 0) is 35.7 Å². The Balaban J connectivity index is 1.77. The Morgan fingerprint density at radius 1 is 1.20 bits per heavy atom. The van der Waals surface area contributed by atoms with Crippen molar-refractivity contribution >= 4 is 27.4 Å². The van der Waals surface area contributed by atoms with E-state index < -0.39 is 0 Å². The minimum atomic E-state index is 0.240. The third-order valence-corrected chi connectivity index (χ3v) is 3.56. The summed E-state index contributed by atoms with van der Waals surface area (Å²) in [6.45, 7) is 0.240. The van der Waals surface area contributed by atoms with E-state index in [1.165, 1.54) is 11.3 Å². The van der Waals surface area contributed by atoms with Crippen LogP contribution < -0.4 is 10.5 Å². The first-order valence-corrected chi connectivity index (χ1v) is 6.77. The number of nitrogens with two attached hydrogens (primary N) is 1. The first-order chi connectivity index (χ1) is 9.76. The van der Waals surface area contributed by atoms with Gasteiger partial charge in [0.2, 0.25) is 0 Å². The average molecular weight is 282 g/mol. The van der Waals surface area contributed by atoms with Gasteiger partial charge in [-0.25, -0.2) is 9.97 Å². The second kappa shape index (κ2) is 5.15. The Morgan fingerprint density at radius 2 is 2.00 bits per heavy atom. The lowest BCUT2D eigenvalue weighted by Gasteiger charge is -2.06. The van der Waals surface area contributed by atoms with E-state index in [2.05, 4.69) is 16.0 Å². The van der Waals surface area contributed by atoms with Crippen LogP contribution in [0, 0.1) is 11.3 Å².